The molecule has 0 fully saturated rings. The fourth-order valence-electron chi connectivity index (χ4n) is 2.50. The van der Waals surface area contributed by atoms with Gasteiger partial charge in [0.2, 0.25) is 0 Å². The third-order valence-corrected chi connectivity index (χ3v) is 4.57. The summed E-state index contributed by atoms with van der Waals surface area (Å²) in [5.74, 6) is 0.802. The van der Waals surface area contributed by atoms with E-state index in [4.69, 9.17) is 16.6 Å². The van der Waals surface area contributed by atoms with Gasteiger partial charge in [0, 0.05) is 16.6 Å². The molecule has 5 heteroatoms. The lowest BCUT2D eigenvalue weighted by Gasteiger charge is -2.08. The zero-order valence-electron chi connectivity index (χ0n) is 10.9. The van der Waals surface area contributed by atoms with E-state index < -0.39 is 0 Å². The van der Waals surface area contributed by atoms with E-state index in [-0.39, 0.29) is 0 Å². The number of halogens is 1. The van der Waals surface area contributed by atoms with Gasteiger partial charge >= 0.3 is 0 Å². The van der Waals surface area contributed by atoms with Crippen molar-refractivity contribution in [1.82, 2.24) is 15.0 Å². The van der Waals surface area contributed by atoms with Gasteiger partial charge in [0.05, 0.1) is 17.1 Å². The first-order valence-corrected chi connectivity index (χ1v) is 7.93. The summed E-state index contributed by atoms with van der Waals surface area (Å²) in [5, 5.41) is 3.79. The second-order valence-electron chi connectivity index (χ2n) is 4.95. The molecule has 0 amide bonds. The summed E-state index contributed by atoms with van der Waals surface area (Å²) >= 11 is 7.98. The van der Waals surface area contributed by atoms with Gasteiger partial charge in [-0.25, -0.2) is 15.0 Å². The molecule has 0 saturated heterocycles. The molecule has 1 aliphatic rings. The lowest BCUT2D eigenvalue weighted by Crippen LogP contribution is -2.05. The Bertz CT molecular complexity index is 594. The topological polar surface area (TPSA) is 38.7 Å². The minimum absolute atomic E-state index is 0.647. The first-order chi connectivity index (χ1) is 9.22. The molecule has 2 aromatic heterocycles. The molecular weight excluding hydrogens is 278 g/mol. The number of aryl methyl sites for hydroxylation is 2. The Hall–Kier alpha value is -1.00. The summed E-state index contributed by atoms with van der Waals surface area (Å²) in [4.78, 5) is 13.6. The Morgan fingerprint density at radius 1 is 1.16 bits per heavy atom. The van der Waals surface area contributed by atoms with E-state index in [1.54, 1.807) is 11.3 Å². The molecule has 2 aromatic rings. The van der Waals surface area contributed by atoms with Gasteiger partial charge in [0.1, 0.15) is 11.0 Å². The lowest BCUT2D eigenvalue weighted by molar-refractivity contribution is 0.708. The lowest BCUT2D eigenvalue weighted by atomic mass is 10.1. The standard InChI is InChI=1S/C14H16ClN3S/c1-9-16-10(8-19-9)7-13-17-12-6-4-2-3-5-11(12)14(15)18-13/h8H,2-7H2,1H3. The Kier molecular flexibility index (Phi) is 3.80. The van der Waals surface area contributed by atoms with E-state index in [1.807, 2.05) is 6.92 Å². The van der Waals surface area contributed by atoms with Crippen LogP contribution in [0.4, 0.5) is 0 Å². The Morgan fingerprint density at radius 2 is 2.00 bits per heavy atom. The molecule has 0 saturated carbocycles. The zero-order valence-corrected chi connectivity index (χ0v) is 12.5. The van der Waals surface area contributed by atoms with Gasteiger partial charge in [0.25, 0.3) is 0 Å². The highest BCUT2D eigenvalue weighted by Crippen LogP contribution is 2.25. The molecule has 2 heterocycles. The predicted octanol–water partition coefficient (Wildman–Crippen LogP) is 3.75. The maximum atomic E-state index is 6.32. The van der Waals surface area contributed by atoms with Gasteiger partial charge in [-0.15, -0.1) is 11.3 Å². The average Bonchev–Trinajstić information content (AvgIpc) is 2.64. The SMILES string of the molecule is Cc1nc(Cc2nc(Cl)c3c(n2)CCCCC3)cs1. The molecule has 0 spiro atoms. The molecule has 0 bridgehead atoms. The van der Waals surface area contributed by atoms with Crippen LogP contribution in [0.1, 0.15) is 47.0 Å². The van der Waals surface area contributed by atoms with Crippen LogP contribution in [0.15, 0.2) is 5.38 Å². The average molecular weight is 294 g/mol. The van der Waals surface area contributed by atoms with Crippen LogP contribution < -0.4 is 0 Å². The molecule has 0 aliphatic heterocycles. The van der Waals surface area contributed by atoms with Crippen molar-refractivity contribution in [1.29, 1.82) is 0 Å². The minimum atomic E-state index is 0.647. The molecule has 0 N–H and O–H groups in total. The summed E-state index contributed by atoms with van der Waals surface area (Å²) in [6, 6.07) is 0. The number of thiazole rings is 1. The molecule has 0 radical (unpaired) electrons. The third-order valence-electron chi connectivity index (χ3n) is 3.43. The quantitative estimate of drug-likeness (QED) is 0.625. The third kappa shape index (κ3) is 2.95. The van der Waals surface area contributed by atoms with Crippen LogP contribution in [0.5, 0.6) is 0 Å². The van der Waals surface area contributed by atoms with Crippen LogP contribution in [-0.2, 0) is 19.3 Å². The number of hydrogen-bond acceptors (Lipinski definition) is 4. The van der Waals surface area contributed by atoms with Crippen molar-refractivity contribution in [2.75, 3.05) is 0 Å². The van der Waals surface area contributed by atoms with Crippen molar-refractivity contribution in [3.63, 3.8) is 0 Å². The summed E-state index contributed by atoms with van der Waals surface area (Å²) in [6.07, 6.45) is 6.38. The monoisotopic (exact) mass is 293 g/mol. The normalized spacial score (nSPS) is 15.1. The predicted molar refractivity (Wildman–Crippen MR) is 78.0 cm³/mol. The van der Waals surface area contributed by atoms with Crippen LogP contribution in [0.3, 0.4) is 0 Å². The number of hydrogen-bond donors (Lipinski definition) is 0. The van der Waals surface area contributed by atoms with Gasteiger partial charge in [-0.1, -0.05) is 18.0 Å². The largest absolute Gasteiger partial charge is 0.246 e. The highest BCUT2D eigenvalue weighted by Gasteiger charge is 2.16. The van der Waals surface area contributed by atoms with Crippen LogP contribution >= 0.6 is 22.9 Å². The molecule has 3 nitrogen and oxygen atoms in total. The van der Waals surface area contributed by atoms with Crippen molar-refractivity contribution in [3.8, 4) is 0 Å². The maximum absolute atomic E-state index is 6.32. The van der Waals surface area contributed by atoms with E-state index in [0.29, 0.717) is 11.6 Å². The highest BCUT2D eigenvalue weighted by molar-refractivity contribution is 7.09. The first-order valence-electron chi connectivity index (χ1n) is 6.67. The second-order valence-corrected chi connectivity index (χ2v) is 6.37. The smallest absolute Gasteiger partial charge is 0.136 e. The van der Waals surface area contributed by atoms with E-state index in [2.05, 4.69) is 15.3 Å². The second kappa shape index (κ2) is 5.55. The van der Waals surface area contributed by atoms with Crippen LogP contribution in [-0.4, -0.2) is 15.0 Å². The number of nitrogens with zero attached hydrogens (tertiary/aromatic N) is 3. The summed E-state index contributed by atoms with van der Waals surface area (Å²) in [7, 11) is 0. The molecule has 0 atom stereocenters. The van der Waals surface area contributed by atoms with Gasteiger partial charge < -0.3 is 0 Å². The van der Waals surface area contributed by atoms with Crippen molar-refractivity contribution >= 4 is 22.9 Å². The minimum Gasteiger partial charge on any atom is -0.246 e. The molecule has 1 aliphatic carbocycles. The highest BCUT2D eigenvalue weighted by atomic mass is 35.5. The number of rotatable bonds is 2. The summed E-state index contributed by atoms with van der Waals surface area (Å²) in [6.45, 7) is 2.01. The summed E-state index contributed by atoms with van der Waals surface area (Å²) < 4.78 is 0. The number of fused-ring (bicyclic) bond motifs is 1. The zero-order chi connectivity index (χ0) is 13.2. The van der Waals surface area contributed by atoms with E-state index >= 15 is 0 Å². The van der Waals surface area contributed by atoms with Gasteiger partial charge in [-0.3, -0.25) is 0 Å². The van der Waals surface area contributed by atoms with Gasteiger partial charge in [-0.05, 0) is 32.6 Å². The van der Waals surface area contributed by atoms with E-state index in [9.17, 15) is 0 Å². The molecule has 100 valence electrons. The molecular formula is C14H16ClN3S. The van der Waals surface area contributed by atoms with Crippen molar-refractivity contribution in [2.24, 2.45) is 0 Å². The number of aromatic nitrogens is 3. The summed E-state index contributed by atoms with van der Waals surface area (Å²) in [5.41, 5.74) is 3.35. The Balaban J connectivity index is 1.90. The van der Waals surface area contributed by atoms with Crippen molar-refractivity contribution < 1.29 is 0 Å². The van der Waals surface area contributed by atoms with Gasteiger partial charge in [0.15, 0.2) is 0 Å². The van der Waals surface area contributed by atoms with E-state index in [0.717, 1.165) is 40.6 Å². The van der Waals surface area contributed by atoms with Crippen LogP contribution in [0.25, 0.3) is 0 Å². The van der Waals surface area contributed by atoms with Crippen molar-refractivity contribution in [2.45, 2.75) is 45.4 Å². The van der Waals surface area contributed by atoms with Crippen molar-refractivity contribution in [3.05, 3.63) is 38.3 Å². The maximum Gasteiger partial charge on any atom is 0.136 e. The molecule has 0 unspecified atom stereocenters. The fourth-order valence-corrected chi connectivity index (χ4v) is 3.42. The molecule has 19 heavy (non-hydrogen) atoms. The first kappa shape index (κ1) is 13.0. The van der Waals surface area contributed by atoms with E-state index in [1.165, 1.54) is 19.3 Å². The molecule has 3 rings (SSSR count). The van der Waals surface area contributed by atoms with Crippen LogP contribution in [0, 0.1) is 6.92 Å². The molecule has 0 aromatic carbocycles. The Morgan fingerprint density at radius 3 is 2.79 bits per heavy atom. The fraction of sp³-hybridized carbons (Fsp3) is 0.500. The Labute approximate surface area is 122 Å². The van der Waals surface area contributed by atoms with Gasteiger partial charge in [-0.2, -0.15) is 0 Å². The van der Waals surface area contributed by atoms with Crippen LogP contribution in [0.2, 0.25) is 5.15 Å².